The molecule has 3 nitrogen and oxygen atoms in total. The van der Waals surface area contributed by atoms with Gasteiger partial charge in [0.2, 0.25) is 0 Å². The Hall–Kier alpha value is -2.78. The second-order valence-corrected chi connectivity index (χ2v) is 7.72. The minimum atomic E-state index is 0.158. The van der Waals surface area contributed by atoms with E-state index in [0.29, 0.717) is 18.3 Å². The van der Waals surface area contributed by atoms with Gasteiger partial charge in [-0.3, -0.25) is 0 Å². The monoisotopic (exact) mass is 389 g/mol. The maximum absolute atomic E-state index is 10.1. The topological polar surface area (TPSA) is 32.7 Å². The van der Waals surface area contributed by atoms with Crippen molar-refractivity contribution in [3.05, 3.63) is 95.6 Å². The second-order valence-electron chi connectivity index (χ2n) is 7.72. The molecule has 3 heteroatoms. The molecule has 0 aliphatic rings. The molecule has 0 saturated carbocycles. The van der Waals surface area contributed by atoms with Gasteiger partial charge in [0.25, 0.3) is 0 Å². The van der Waals surface area contributed by atoms with Crippen molar-refractivity contribution in [1.29, 1.82) is 0 Å². The smallest absolute Gasteiger partial charge is 0.119 e. The molecule has 0 bridgehead atoms. The zero-order valence-corrected chi connectivity index (χ0v) is 17.6. The fourth-order valence-electron chi connectivity index (χ4n) is 3.86. The van der Waals surface area contributed by atoms with Gasteiger partial charge in [0.05, 0.1) is 0 Å². The summed E-state index contributed by atoms with van der Waals surface area (Å²) in [6, 6.07) is 26.7. The summed E-state index contributed by atoms with van der Waals surface area (Å²) in [6.07, 6.45) is 1.01. The molecule has 0 saturated heterocycles. The van der Waals surface area contributed by atoms with Crippen molar-refractivity contribution < 1.29 is 9.84 Å². The maximum atomic E-state index is 10.1. The predicted molar refractivity (Wildman–Crippen MR) is 120 cm³/mol. The zero-order chi connectivity index (χ0) is 20.6. The minimum absolute atomic E-state index is 0.158. The first kappa shape index (κ1) is 20.9. The van der Waals surface area contributed by atoms with Crippen molar-refractivity contribution in [2.75, 3.05) is 27.2 Å². The third-order valence-electron chi connectivity index (χ3n) is 5.35. The van der Waals surface area contributed by atoms with Crippen molar-refractivity contribution in [1.82, 2.24) is 4.90 Å². The molecular weight excluding hydrogens is 358 g/mol. The van der Waals surface area contributed by atoms with Gasteiger partial charge in [-0.2, -0.15) is 0 Å². The first-order valence-corrected chi connectivity index (χ1v) is 10.3. The lowest BCUT2D eigenvalue weighted by molar-refractivity contribution is 0.261. The molecule has 0 amide bonds. The van der Waals surface area contributed by atoms with Crippen LogP contribution in [-0.4, -0.2) is 37.3 Å². The summed E-state index contributed by atoms with van der Waals surface area (Å²) < 4.78 is 5.87. The average Bonchev–Trinajstić information content (AvgIpc) is 2.73. The summed E-state index contributed by atoms with van der Waals surface area (Å²) in [5.41, 5.74) is 3.67. The van der Waals surface area contributed by atoms with E-state index in [4.69, 9.17) is 4.74 Å². The molecule has 0 radical (unpaired) electrons. The number of benzene rings is 3. The molecule has 0 unspecified atom stereocenters. The molecule has 0 aliphatic carbocycles. The molecule has 3 aromatic carbocycles. The van der Waals surface area contributed by atoms with Crippen LogP contribution in [0.1, 0.15) is 41.9 Å². The van der Waals surface area contributed by atoms with Crippen LogP contribution < -0.4 is 4.74 Å². The fourth-order valence-corrected chi connectivity index (χ4v) is 3.86. The molecule has 0 fully saturated rings. The van der Waals surface area contributed by atoms with Gasteiger partial charge in [0.1, 0.15) is 18.1 Å². The summed E-state index contributed by atoms with van der Waals surface area (Å²) in [5.74, 6) is 1.67. The normalized spacial score (nSPS) is 13.2. The Morgan fingerprint density at radius 1 is 0.828 bits per heavy atom. The molecule has 0 aliphatic heterocycles. The summed E-state index contributed by atoms with van der Waals surface area (Å²) in [5, 5.41) is 10.1. The number of aromatic hydroxyl groups is 1. The van der Waals surface area contributed by atoms with Crippen LogP contribution in [0.3, 0.4) is 0 Å². The van der Waals surface area contributed by atoms with E-state index in [1.807, 2.05) is 26.2 Å². The molecule has 152 valence electrons. The van der Waals surface area contributed by atoms with Crippen LogP contribution in [0, 0.1) is 0 Å². The van der Waals surface area contributed by atoms with Gasteiger partial charge < -0.3 is 14.7 Å². The summed E-state index contributed by atoms with van der Waals surface area (Å²) in [6.45, 7) is 3.79. The number of ether oxygens (including phenoxy) is 1. The van der Waals surface area contributed by atoms with Crippen molar-refractivity contribution in [2.24, 2.45) is 0 Å². The molecule has 3 rings (SSSR count). The van der Waals surface area contributed by atoms with Crippen LogP contribution in [0.25, 0.3) is 0 Å². The van der Waals surface area contributed by atoms with Crippen molar-refractivity contribution in [3.8, 4) is 11.5 Å². The molecule has 0 heterocycles. The van der Waals surface area contributed by atoms with E-state index in [0.717, 1.165) is 24.3 Å². The Labute approximate surface area is 174 Å². The van der Waals surface area contributed by atoms with E-state index in [9.17, 15) is 5.11 Å². The van der Waals surface area contributed by atoms with Crippen LogP contribution in [0.5, 0.6) is 11.5 Å². The van der Waals surface area contributed by atoms with E-state index < -0.39 is 0 Å². The zero-order valence-electron chi connectivity index (χ0n) is 17.6. The molecule has 3 aromatic rings. The Balaban J connectivity index is 1.93. The third kappa shape index (κ3) is 5.61. The lowest BCUT2D eigenvalue weighted by Gasteiger charge is -2.28. The molecule has 0 spiro atoms. The van der Waals surface area contributed by atoms with Gasteiger partial charge in [-0.25, -0.2) is 0 Å². The van der Waals surface area contributed by atoms with Crippen molar-refractivity contribution >= 4 is 0 Å². The number of rotatable bonds is 9. The Bertz CT molecular complexity index is 875. The Morgan fingerprint density at radius 3 is 2.14 bits per heavy atom. The van der Waals surface area contributed by atoms with Gasteiger partial charge in [0.15, 0.2) is 0 Å². The first-order valence-electron chi connectivity index (χ1n) is 10.3. The van der Waals surface area contributed by atoms with Crippen LogP contribution in [0.15, 0.2) is 78.9 Å². The van der Waals surface area contributed by atoms with Crippen LogP contribution in [0.2, 0.25) is 0 Å². The predicted octanol–water partition coefficient (Wildman–Crippen LogP) is 5.66. The van der Waals surface area contributed by atoms with Crippen LogP contribution in [0.4, 0.5) is 0 Å². The van der Waals surface area contributed by atoms with E-state index >= 15 is 0 Å². The van der Waals surface area contributed by atoms with E-state index in [1.54, 1.807) is 6.07 Å². The Kier molecular flexibility index (Phi) is 7.31. The number of hydrogen-bond donors (Lipinski definition) is 1. The van der Waals surface area contributed by atoms with Gasteiger partial charge in [-0.05, 0) is 67.4 Å². The number of likely N-dealkylation sites (N-methyl/N-ethyl adjacent to an activating group) is 1. The van der Waals surface area contributed by atoms with Gasteiger partial charge in [-0.15, -0.1) is 0 Å². The second kappa shape index (κ2) is 10.1. The molecular formula is C26H31NO2. The Morgan fingerprint density at radius 2 is 1.52 bits per heavy atom. The van der Waals surface area contributed by atoms with Crippen molar-refractivity contribution in [2.45, 2.75) is 25.2 Å². The van der Waals surface area contributed by atoms with Gasteiger partial charge in [0, 0.05) is 12.5 Å². The third-order valence-corrected chi connectivity index (χ3v) is 5.35. The van der Waals surface area contributed by atoms with E-state index in [2.05, 4.69) is 72.5 Å². The number of phenols is 1. The standard InChI is InChI=1S/C26H31NO2/c1-4-25(20-9-6-5-7-10-20)26(22-11-8-12-23(28)19-22)21-13-15-24(16-14-21)29-18-17-27(2)3/h5-16,19,25-26,28H,4,17-18H2,1-3H3/t25-,26+/m0/s1. The van der Waals surface area contributed by atoms with Crippen LogP contribution in [-0.2, 0) is 0 Å². The number of phenolic OH excluding ortho intramolecular Hbond substituents is 1. The highest BCUT2D eigenvalue weighted by Crippen LogP contribution is 2.41. The lowest BCUT2D eigenvalue weighted by atomic mass is 9.76. The number of nitrogens with zero attached hydrogens (tertiary/aromatic N) is 1. The minimum Gasteiger partial charge on any atom is -0.508 e. The SMILES string of the molecule is CC[C@@H](c1ccccc1)[C@H](c1ccc(OCCN(C)C)cc1)c1cccc(O)c1. The van der Waals surface area contributed by atoms with E-state index in [1.165, 1.54) is 11.1 Å². The maximum Gasteiger partial charge on any atom is 0.119 e. The first-order chi connectivity index (χ1) is 14.1. The average molecular weight is 390 g/mol. The molecule has 0 aromatic heterocycles. The molecule has 2 atom stereocenters. The highest BCUT2D eigenvalue weighted by atomic mass is 16.5. The highest BCUT2D eigenvalue weighted by Gasteiger charge is 2.25. The summed E-state index contributed by atoms with van der Waals surface area (Å²) in [7, 11) is 4.08. The molecule has 29 heavy (non-hydrogen) atoms. The lowest BCUT2D eigenvalue weighted by Crippen LogP contribution is -2.19. The highest BCUT2D eigenvalue weighted by molar-refractivity contribution is 5.42. The summed E-state index contributed by atoms with van der Waals surface area (Å²) in [4.78, 5) is 2.11. The molecule has 1 N–H and O–H groups in total. The van der Waals surface area contributed by atoms with E-state index in [-0.39, 0.29) is 5.92 Å². The number of hydrogen-bond acceptors (Lipinski definition) is 3. The quantitative estimate of drug-likeness (QED) is 0.513. The van der Waals surface area contributed by atoms with Crippen LogP contribution >= 0.6 is 0 Å². The largest absolute Gasteiger partial charge is 0.508 e. The van der Waals surface area contributed by atoms with Crippen molar-refractivity contribution in [3.63, 3.8) is 0 Å². The van der Waals surface area contributed by atoms with Gasteiger partial charge in [-0.1, -0.05) is 61.5 Å². The van der Waals surface area contributed by atoms with Gasteiger partial charge >= 0.3 is 0 Å². The summed E-state index contributed by atoms with van der Waals surface area (Å²) >= 11 is 0. The fraction of sp³-hybridized carbons (Fsp3) is 0.308.